The summed E-state index contributed by atoms with van der Waals surface area (Å²) >= 11 is 0. The Kier molecular flexibility index (Phi) is 10.6. The number of carboxylic acids is 1. The summed E-state index contributed by atoms with van der Waals surface area (Å²) in [4.78, 5) is 34.0. The molecule has 0 aromatic carbocycles. The van der Waals surface area contributed by atoms with E-state index in [1.807, 2.05) is 6.92 Å². The van der Waals surface area contributed by atoms with Gasteiger partial charge < -0.3 is 25.2 Å². The van der Waals surface area contributed by atoms with Gasteiger partial charge in [-0.15, -0.1) is 0 Å². The van der Waals surface area contributed by atoms with E-state index in [4.69, 9.17) is 14.6 Å². The van der Waals surface area contributed by atoms with Gasteiger partial charge in [0.05, 0.1) is 6.61 Å². The van der Waals surface area contributed by atoms with Crippen LogP contribution in [0.3, 0.4) is 0 Å². The van der Waals surface area contributed by atoms with E-state index < -0.39 is 29.8 Å². The van der Waals surface area contributed by atoms with E-state index in [1.165, 1.54) is 0 Å². The predicted octanol–water partition coefficient (Wildman–Crippen LogP) is 2.66. The van der Waals surface area contributed by atoms with Gasteiger partial charge in [0.1, 0.15) is 11.6 Å². The van der Waals surface area contributed by atoms with Crippen LogP contribution in [0.15, 0.2) is 0 Å². The lowest BCUT2D eigenvalue weighted by Gasteiger charge is -2.19. The fourth-order valence-corrected chi connectivity index (χ4v) is 1.73. The zero-order chi connectivity index (χ0) is 18.6. The molecule has 0 radical (unpaired) electrons. The van der Waals surface area contributed by atoms with E-state index in [2.05, 4.69) is 10.6 Å². The Morgan fingerprint density at radius 1 is 1.08 bits per heavy atom. The molecule has 8 nitrogen and oxygen atoms in total. The van der Waals surface area contributed by atoms with Crippen LogP contribution in [0.2, 0.25) is 0 Å². The number of nitrogens with one attached hydrogen (secondary N) is 2. The first-order valence-electron chi connectivity index (χ1n) is 8.28. The number of rotatable bonds is 10. The number of carbonyl (C=O) groups excluding carboxylic acids is 2. The first kappa shape index (κ1) is 22.0. The minimum atomic E-state index is -1.11. The minimum absolute atomic E-state index is 0.258. The van der Waals surface area contributed by atoms with Crippen LogP contribution in [0.25, 0.3) is 0 Å². The van der Waals surface area contributed by atoms with Crippen molar-refractivity contribution in [2.75, 3.05) is 13.2 Å². The first-order chi connectivity index (χ1) is 11.2. The number of amides is 2. The molecule has 0 aromatic rings. The molecule has 24 heavy (non-hydrogen) atoms. The molecule has 8 heteroatoms. The van der Waals surface area contributed by atoms with Gasteiger partial charge in [0.2, 0.25) is 0 Å². The zero-order valence-electron chi connectivity index (χ0n) is 15.0. The summed E-state index contributed by atoms with van der Waals surface area (Å²) in [7, 11) is 0. The fraction of sp³-hybridized carbons (Fsp3) is 0.812. The lowest BCUT2D eigenvalue weighted by Crippen LogP contribution is -2.41. The standard InChI is InChI=1S/C16H30N2O6/c1-5-6-11-23-15(22)18-12(13(19)20)9-7-8-10-17-14(21)24-16(2,3)4/h12H,5-11H2,1-4H3,(H,17,21)(H,18,22)(H,19,20). The summed E-state index contributed by atoms with van der Waals surface area (Å²) in [6, 6.07) is -0.999. The van der Waals surface area contributed by atoms with E-state index in [-0.39, 0.29) is 13.0 Å². The van der Waals surface area contributed by atoms with E-state index in [0.717, 1.165) is 12.8 Å². The van der Waals surface area contributed by atoms with Gasteiger partial charge in [-0.1, -0.05) is 13.3 Å². The number of ether oxygens (including phenoxy) is 2. The van der Waals surface area contributed by atoms with Gasteiger partial charge in [0.15, 0.2) is 0 Å². The third-order valence-corrected chi connectivity index (χ3v) is 2.91. The average Bonchev–Trinajstić information content (AvgIpc) is 2.43. The number of carbonyl (C=O) groups is 3. The summed E-state index contributed by atoms with van der Waals surface area (Å²) < 4.78 is 9.97. The molecular weight excluding hydrogens is 316 g/mol. The second-order valence-electron chi connectivity index (χ2n) is 6.45. The van der Waals surface area contributed by atoms with Gasteiger partial charge in [0, 0.05) is 6.54 Å². The summed E-state index contributed by atoms with van der Waals surface area (Å²) in [5, 5.41) is 14.0. The van der Waals surface area contributed by atoms with Crippen molar-refractivity contribution in [3.8, 4) is 0 Å². The second-order valence-corrected chi connectivity index (χ2v) is 6.45. The SMILES string of the molecule is CCCCOC(=O)NC(CCCCNC(=O)OC(C)(C)C)C(=O)O. The van der Waals surface area contributed by atoms with Gasteiger partial charge in [-0.25, -0.2) is 14.4 Å². The van der Waals surface area contributed by atoms with E-state index >= 15 is 0 Å². The number of hydrogen-bond donors (Lipinski definition) is 3. The van der Waals surface area contributed by atoms with Crippen molar-refractivity contribution < 1.29 is 29.0 Å². The molecule has 0 fully saturated rings. The van der Waals surface area contributed by atoms with Crippen LogP contribution in [-0.2, 0) is 14.3 Å². The van der Waals surface area contributed by atoms with Crippen LogP contribution in [0, 0.1) is 0 Å². The maximum absolute atomic E-state index is 11.5. The van der Waals surface area contributed by atoms with E-state index in [1.54, 1.807) is 20.8 Å². The summed E-state index contributed by atoms with van der Waals surface area (Å²) in [5.74, 6) is -1.11. The Bertz CT molecular complexity index is 406. The normalized spacial score (nSPS) is 12.2. The highest BCUT2D eigenvalue weighted by atomic mass is 16.6. The molecule has 0 aliphatic heterocycles. The van der Waals surface area contributed by atoms with Crippen LogP contribution in [0.1, 0.15) is 59.8 Å². The van der Waals surface area contributed by atoms with Crippen LogP contribution in [-0.4, -0.2) is 48.1 Å². The molecule has 0 saturated heterocycles. The molecule has 3 N–H and O–H groups in total. The lowest BCUT2D eigenvalue weighted by atomic mass is 10.1. The van der Waals surface area contributed by atoms with Crippen molar-refractivity contribution in [3.63, 3.8) is 0 Å². The third kappa shape index (κ3) is 12.5. The molecule has 2 amide bonds. The summed E-state index contributed by atoms with van der Waals surface area (Å²) in [6.45, 7) is 7.93. The summed E-state index contributed by atoms with van der Waals surface area (Å²) in [6.07, 6.45) is 1.77. The molecule has 1 atom stereocenters. The van der Waals surface area contributed by atoms with Crippen LogP contribution in [0.5, 0.6) is 0 Å². The Morgan fingerprint density at radius 3 is 2.29 bits per heavy atom. The van der Waals surface area contributed by atoms with Crippen molar-refractivity contribution in [3.05, 3.63) is 0 Å². The first-order valence-corrected chi connectivity index (χ1v) is 8.28. The molecule has 1 unspecified atom stereocenters. The second kappa shape index (κ2) is 11.5. The molecule has 0 bridgehead atoms. The van der Waals surface area contributed by atoms with E-state index in [0.29, 0.717) is 19.4 Å². The van der Waals surface area contributed by atoms with Gasteiger partial charge in [0.25, 0.3) is 0 Å². The van der Waals surface area contributed by atoms with Crippen molar-refractivity contribution in [2.45, 2.75) is 71.4 Å². The molecule has 0 heterocycles. The van der Waals surface area contributed by atoms with Crippen molar-refractivity contribution in [2.24, 2.45) is 0 Å². The molecular formula is C16H30N2O6. The maximum atomic E-state index is 11.5. The van der Waals surface area contributed by atoms with Crippen molar-refractivity contribution >= 4 is 18.2 Å². The van der Waals surface area contributed by atoms with Gasteiger partial charge in [-0.2, -0.15) is 0 Å². The molecule has 0 rings (SSSR count). The molecule has 0 aliphatic rings. The summed E-state index contributed by atoms with van der Waals surface area (Å²) in [5.41, 5.74) is -0.555. The van der Waals surface area contributed by atoms with Crippen molar-refractivity contribution in [1.29, 1.82) is 0 Å². The Labute approximate surface area is 143 Å². The van der Waals surface area contributed by atoms with Crippen LogP contribution < -0.4 is 10.6 Å². The van der Waals surface area contributed by atoms with Crippen molar-refractivity contribution in [1.82, 2.24) is 10.6 Å². The number of alkyl carbamates (subject to hydrolysis) is 2. The number of unbranched alkanes of at least 4 members (excludes halogenated alkanes) is 2. The molecule has 0 saturated carbocycles. The molecule has 0 spiro atoms. The Balaban J connectivity index is 3.96. The van der Waals surface area contributed by atoms with Crippen LogP contribution >= 0.6 is 0 Å². The maximum Gasteiger partial charge on any atom is 0.407 e. The number of aliphatic carboxylic acids is 1. The lowest BCUT2D eigenvalue weighted by molar-refractivity contribution is -0.139. The molecule has 140 valence electrons. The highest BCUT2D eigenvalue weighted by Crippen LogP contribution is 2.07. The molecule has 0 aromatic heterocycles. The monoisotopic (exact) mass is 346 g/mol. The predicted molar refractivity (Wildman–Crippen MR) is 88.9 cm³/mol. The highest BCUT2D eigenvalue weighted by Gasteiger charge is 2.20. The number of carboxylic acid groups (broad SMARTS) is 1. The Morgan fingerprint density at radius 2 is 1.75 bits per heavy atom. The fourth-order valence-electron chi connectivity index (χ4n) is 1.73. The number of hydrogen-bond acceptors (Lipinski definition) is 5. The average molecular weight is 346 g/mol. The minimum Gasteiger partial charge on any atom is -0.480 e. The van der Waals surface area contributed by atoms with Gasteiger partial charge >= 0.3 is 18.2 Å². The van der Waals surface area contributed by atoms with E-state index in [9.17, 15) is 14.4 Å². The van der Waals surface area contributed by atoms with Gasteiger partial charge in [-0.05, 0) is 46.5 Å². The topological polar surface area (TPSA) is 114 Å². The Hall–Kier alpha value is -1.99. The third-order valence-electron chi connectivity index (χ3n) is 2.91. The van der Waals surface area contributed by atoms with Crippen LogP contribution in [0.4, 0.5) is 9.59 Å². The molecule has 0 aliphatic carbocycles. The largest absolute Gasteiger partial charge is 0.480 e. The van der Waals surface area contributed by atoms with Gasteiger partial charge in [-0.3, -0.25) is 0 Å². The highest BCUT2D eigenvalue weighted by molar-refractivity contribution is 5.79. The zero-order valence-corrected chi connectivity index (χ0v) is 15.0. The quantitative estimate of drug-likeness (QED) is 0.524. The smallest absolute Gasteiger partial charge is 0.407 e.